The molecule has 0 bridgehead atoms. The van der Waals surface area contributed by atoms with Crippen molar-refractivity contribution >= 4 is 11.3 Å². The first-order valence-electron chi connectivity index (χ1n) is 5.52. The third kappa shape index (κ3) is 2.40. The highest BCUT2D eigenvalue weighted by atomic mass is 32.1. The minimum absolute atomic E-state index is 0.255. The summed E-state index contributed by atoms with van der Waals surface area (Å²) < 4.78 is 13.2. The molecule has 2 N–H and O–H groups in total. The maximum Gasteiger partial charge on any atom is 0.132 e. The van der Waals surface area contributed by atoms with Crippen LogP contribution < -0.4 is 5.73 Å². The Morgan fingerprint density at radius 3 is 2.89 bits per heavy atom. The first kappa shape index (κ1) is 12.7. The number of aromatic nitrogens is 1. The fourth-order valence-electron chi connectivity index (χ4n) is 1.66. The molecule has 2 rings (SSSR count). The molecule has 0 amide bonds. The molecule has 0 unspecified atom stereocenters. The van der Waals surface area contributed by atoms with Gasteiger partial charge in [0.25, 0.3) is 0 Å². The normalized spacial score (nSPS) is 10.3. The van der Waals surface area contributed by atoms with Crippen LogP contribution in [-0.2, 0) is 6.42 Å². The number of aryl methyl sites for hydroxylation is 1. The van der Waals surface area contributed by atoms with Gasteiger partial charge in [-0.05, 0) is 37.2 Å². The fourth-order valence-corrected chi connectivity index (χ4v) is 2.56. The second-order valence-corrected chi connectivity index (χ2v) is 4.98. The molecular weight excluding hydrogens is 249 g/mol. The number of nitrogens with zero attached hydrogens (tertiary/aromatic N) is 2. The van der Waals surface area contributed by atoms with Gasteiger partial charge in [0.05, 0.1) is 10.7 Å². The van der Waals surface area contributed by atoms with Crippen LogP contribution in [0.15, 0.2) is 18.2 Å². The summed E-state index contributed by atoms with van der Waals surface area (Å²) in [6.07, 6.45) is 0.652. The second-order valence-electron chi connectivity index (χ2n) is 3.90. The maximum atomic E-state index is 13.2. The molecule has 0 saturated carbocycles. The zero-order valence-corrected chi connectivity index (χ0v) is 10.7. The molecular formula is C13H12FN3S. The molecule has 3 nitrogen and oxygen atoms in total. The molecule has 0 radical (unpaired) electrons. The van der Waals surface area contributed by atoms with E-state index in [-0.39, 0.29) is 5.82 Å². The van der Waals surface area contributed by atoms with Crippen molar-refractivity contribution in [1.82, 2.24) is 4.98 Å². The predicted molar refractivity (Wildman–Crippen MR) is 69.7 cm³/mol. The molecule has 1 aromatic heterocycles. The molecule has 0 atom stereocenters. The van der Waals surface area contributed by atoms with Gasteiger partial charge >= 0.3 is 0 Å². The van der Waals surface area contributed by atoms with Crippen LogP contribution in [0.3, 0.4) is 0 Å². The number of hydrogen-bond donors (Lipinski definition) is 1. The van der Waals surface area contributed by atoms with Crippen LogP contribution in [0.2, 0.25) is 0 Å². The lowest BCUT2D eigenvalue weighted by atomic mass is 10.1. The van der Waals surface area contributed by atoms with Gasteiger partial charge in [0.15, 0.2) is 0 Å². The van der Waals surface area contributed by atoms with Crippen molar-refractivity contribution in [1.29, 1.82) is 5.26 Å². The second kappa shape index (κ2) is 5.25. The lowest BCUT2D eigenvalue weighted by Crippen LogP contribution is -2.01. The summed E-state index contributed by atoms with van der Waals surface area (Å²) in [7, 11) is 0. The summed E-state index contributed by atoms with van der Waals surface area (Å²) in [5, 5.41) is 9.94. The topological polar surface area (TPSA) is 62.7 Å². The van der Waals surface area contributed by atoms with Crippen molar-refractivity contribution in [2.45, 2.75) is 13.3 Å². The van der Waals surface area contributed by atoms with Crippen molar-refractivity contribution in [3.63, 3.8) is 0 Å². The SMILES string of the molecule is Cc1cc(-c2nc(CCN)sc2C#N)ccc1F. The number of nitrogens with two attached hydrogens (primary N) is 1. The van der Waals surface area contributed by atoms with Crippen LogP contribution in [-0.4, -0.2) is 11.5 Å². The summed E-state index contributed by atoms with van der Waals surface area (Å²) in [4.78, 5) is 4.95. The van der Waals surface area contributed by atoms with Crippen LogP contribution in [0, 0.1) is 24.1 Å². The average molecular weight is 261 g/mol. The molecule has 2 aromatic rings. The van der Waals surface area contributed by atoms with Gasteiger partial charge in [-0.3, -0.25) is 0 Å². The van der Waals surface area contributed by atoms with Gasteiger partial charge in [-0.1, -0.05) is 0 Å². The average Bonchev–Trinajstić information content (AvgIpc) is 2.76. The molecule has 18 heavy (non-hydrogen) atoms. The van der Waals surface area contributed by atoms with Crippen molar-refractivity contribution in [3.8, 4) is 17.3 Å². The molecule has 0 aliphatic heterocycles. The van der Waals surface area contributed by atoms with E-state index in [0.717, 1.165) is 10.6 Å². The zero-order chi connectivity index (χ0) is 13.1. The molecule has 1 heterocycles. The van der Waals surface area contributed by atoms with Crippen LogP contribution in [0.25, 0.3) is 11.3 Å². The molecule has 0 saturated heterocycles. The number of halogens is 1. The number of hydrogen-bond acceptors (Lipinski definition) is 4. The van der Waals surface area contributed by atoms with Gasteiger partial charge < -0.3 is 5.73 Å². The molecule has 0 fully saturated rings. The largest absolute Gasteiger partial charge is 0.330 e. The van der Waals surface area contributed by atoms with Gasteiger partial charge in [-0.15, -0.1) is 11.3 Å². The zero-order valence-electron chi connectivity index (χ0n) is 9.90. The van der Waals surface area contributed by atoms with E-state index < -0.39 is 0 Å². The Morgan fingerprint density at radius 1 is 1.50 bits per heavy atom. The van der Waals surface area contributed by atoms with Crippen LogP contribution in [0.5, 0.6) is 0 Å². The Balaban J connectivity index is 2.49. The highest BCUT2D eigenvalue weighted by molar-refractivity contribution is 7.12. The Hall–Kier alpha value is -1.77. The van der Waals surface area contributed by atoms with Crippen LogP contribution in [0.1, 0.15) is 15.4 Å². The molecule has 0 spiro atoms. The van der Waals surface area contributed by atoms with Crippen molar-refractivity contribution in [3.05, 3.63) is 39.5 Å². The van der Waals surface area contributed by atoms with Gasteiger partial charge in [0.2, 0.25) is 0 Å². The van der Waals surface area contributed by atoms with E-state index in [0.29, 0.717) is 29.1 Å². The predicted octanol–water partition coefficient (Wildman–Crippen LogP) is 2.63. The highest BCUT2D eigenvalue weighted by Crippen LogP contribution is 2.28. The van der Waals surface area contributed by atoms with E-state index in [1.807, 2.05) is 0 Å². The monoisotopic (exact) mass is 261 g/mol. The van der Waals surface area contributed by atoms with E-state index in [1.165, 1.54) is 17.4 Å². The molecule has 0 aliphatic rings. The van der Waals surface area contributed by atoms with Gasteiger partial charge in [0, 0.05) is 12.0 Å². The summed E-state index contributed by atoms with van der Waals surface area (Å²) in [6, 6.07) is 6.87. The maximum absolute atomic E-state index is 13.2. The lowest BCUT2D eigenvalue weighted by Gasteiger charge is -2.00. The summed E-state index contributed by atoms with van der Waals surface area (Å²) in [5.74, 6) is -0.255. The molecule has 0 aliphatic carbocycles. The third-order valence-electron chi connectivity index (χ3n) is 2.56. The first-order valence-corrected chi connectivity index (χ1v) is 6.33. The fraction of sp³-hybridized carbons (Fsp3) is 0.231. The third-order valence-corrected chi connectivity index (χ3v) is 3.58. The lowest BCUT2D eigenvalue weighted by molar-refractivity contribution is 0.619. The summed E-state index contributed by atoms with van der Waals surface area (Å²) in [6.45, 7) is 2.19. The Kier molecular flexibility index (Phi) is 3.70. The highest BCUT2D eigenvalue weighted by Gasteiger charge is 2.13. The molecule has 92 valence electrons. The number of benzene rings is 1. The van der Waals surface area contributed by atoms with Gasteiger partial charge in [-0.25, -0.2) is 9.37 Å². The van der Waals surface area contributed by atoms with Crippen molar-refractivity contribution in [2.24, 2.45) is 5.73 Å². The standard InChI is InChI=1S/C13H12FN3S/c1-8-6-9(2-3-10(8)14)13-11(7-16)18-12(17-13)4-5-15/h2-3,6H,4-5,15H2,1H3. The number of thiazole rings is 1. The quantitative estimate of drug-likeness (QED) is 0.923. The minimum atomic E-state index is -0.255. The summed E-state index contributed by atoms with van der Waals surface area (Å²) in [5.41, 5.74) is 7.41. The van der Waals surface area contributed by atoms with E-state index >= 15 is 0 Å². The smallest absolute Gasteiger partial charge is 0.132 e. The Morgan fingerprint density at radius 2 is 2.28 bits per heavy atom. The molecule has 1 aromatic carbocycles. The first-order chi connectivity index (χ1) is 8.65. The minimum Gasteiger partial charge on any atom is -0.330 e. The van der Waals surface area contributed by atoms with Crippen LogP contribution in [0.4, 0.5) is 4.39 Å². The van der Waals surface area contributed by atoms with E-state index in [4.69, 9.17) is 11.0 Å². The van der Waals surface area contributed by atoms with E-state index in [1.54, 1.807) is 19.1 Å². The van der Waals surface area contributed by atoms with E-state index in [9.17, 15) is 4.39 Å². The van der Waals surface area contributed by atoms with E-state index in [2.05, 4.69) is 11.1 Å². The Labute approximate surface area is 109 Å². The Bertz CT molecular complexity index is 613. The van der Waals surface area contributed by atoms with Gasteiger partial charge in [0.1, 0.15) is 16.8 Å². The molecule has 5 heteroatoms. The van der Waals surface area contributed by atoms with Crippen molar-refractivity contribution < 1.29 is 4.39 Å². The number of rotatable bonds is 3. The van der Waals surface area contributed by atoms with Crippen molar-refractivity contribution in [2.75, 3.05) is 6.54 Å². The summed E-state index contributed by atoms with van der Waals surface area (Å²) >= 11 is 1.34. The van der Waals surface area contributed by atoms with Gasteiger partial charge in [-0.2, -0.15) is 5.26 Å². The van der Waals surface area contributed by atoms with Crippen LogP contribution >= 0.6 is 11.3 Å². The number of nitriles is 1.